The minimum Gasteiger partial charge on any atom is -0.308 e. The van der Waals surface area contributed by atoms with Crippen molar-refractivity contribution in [2.45, 2.75) is 18.2 Å². The standard InChI is InChI=1S/C9H13NOS2/c1-7-4-10-9(6-13(7)11)8-2-3-12-5-8/h2-3,5,7,9-10H,4,6H2,1H3. The van der Waals surface area contributed by atoms with E-state index in [1.54, 1.807) is 11.3 Å². The Hall–Kier alpha value is -0.190. The quantitative estimate of drug-likeness (QED) is 0.770. The lowest BCUT2D eigenvalue weighted by molar-refractivity contribution is 0.541. The molecule has 0 radical (unpaired) electrons. The molecule has 0 bridgehead atoms. The van der Waals surface area contributed by atoms with Gasteiger partial charge in [0.15, 0.2) is 0 Å². The molecule has 4 heteroatoms. The molecule has 0 spiro atoms. The molecule has 72 valence electrons. The van der Waals surface area contributed by atoms with Crippen molar-refractivity contribution in [1.82, 2.24) is 5.32 Å². The fraction of sp³-hybridized carbons (Fsp3) is 0.556. The van der Waals surface area contributed by atoms with Gasteiger partial charge in [-0.15, -0.1) is 0 Å². The lowest BCUT2D eigenvalue weighted by Gasteiger charge is -2.26. The maximum absolute atomic E-state index is 11.6. The second kappa shape index (κ2) is 3.90. The number of nitrogens with one attached hydrogen (secondary N) is 1. The molecular formula is C9H13NOS2. The van der Waals surface area contributed by atoms with Crippen molar-refractivity contribution in [1.29, 1.82) is 0 Å². The minimum atomic E-state index is -0.658. The van der Waals surface area contributed by atoms with Gasteiger partial charge in [0.05, 0.1) is 0 Å². The van der Waals surface area contributed by atoms with E-state index in [4.69, 9.17) is 0 Å². The van der Waals surface area contributed by atoms with Gasteiger partial charge in [-0.05, 0) is 29.3 Å². The number of rotatable bonds is 1. The molecule has 0 saturated carbocycles. The van der Waals surface area contributed by atoms with Gasteiger partial charge in [0.1, 0.15) is 0 Å². The van der Waals surface area contributed by atoms with Gasteiger partial charge in [-0.3, -0.25) is 4.21 Å². The first-order valence-corrected chi connectivity index (χ1v) is 6.72. The zero-order chi connectivity index (χ0) is 9.26. The smallest absolute Gasteiger partial charge is 0.0445 e. The molecule has 13 heavy (non-hydrogen) atoms. The maximum atomic E-state index is 11.6. The molecule has 3 unspecified atom stereocenters. The van der Waals surface area contributed by atoms with E-state index in [2.05, 4.69) is 22.1 Å². The molecule has 1 fully saturated rings. The zero-order valence-electron chi connectivity index (χ0n) is 7.53. The summed E-state index contributed by atoms with van der Waals surface area (Å²) in [6.45, 7) is 2.90. The average Bonchev–Trinajstić information content (AvgIpc) is 2.62. The van der Waals surface area contributed by atoms with E-state index < -0.39 is 10.8 Å². The third kappa shape index (κ3) is 2.00. The van der Waals surface area contributed by atoms with E-state index in [9.17, 15) is 4.21 Å². The van der Waals surface area contributed by atoms with Crippen LogP contribution in [0.2, 0.25) is 0 Å². The molecule has 0 amide bonds. The van der Waals surface area contributed by atoms with Crippen LogP contribution < -0.4 is 5.32 Å². The summed E-state index contributed by atoms with van der Waals surface area (Å²) in [5.74, 6) is 0.762. The van der Waals surface area contributed by atoms with Crippen molar-refractivity contribution in [2.24, 2.45) is 0 Å². The van der Waals surface area contributed by atoms with Crippen LogP contribution in [0.5, 0.6) is 0 Å². The van der Waals surface area contributed by atoms with Crippen LogP contribution >= 0.6 is 11.3 Å². The van der Waals surface area contributed by atoms with Crippen molar-refractivity contribution < 1.29 is 4.21 Å². The van der Waals surface area contributed by atoms with Crippen LogP contribution in [0.4, 0.5) is 0 Å². The average molecular weight is 215 g/mol. The predicted molar refractivity (Wildman–Crippen MR) is 57.5 cm³/mol. The van der Waals surface area contributed by atoms with Crippen LogP contribution in [-0.2, 0) is 10.8 Å². The highest BCUT2D eigenvalue weighted by Crippen LogP contribution is 2.21. The van der Waals surface area contributed by atoms with Crippen molar-refractivity contribution in [2.75, 3.05) is 12.3 Å². The highest BCUT2D eigenvalue weighted by Gasteiger charge is 2.24. The molecular weight excluding hydrogens is 202 g/mol. The second-order valence-corrected chi connectivity index (χ2v) is 6.06. The summed E-state index contributed by atoms with van der Waals surface area (Å²) >= 11 is 1.70. The molecule has 1 N–H and O–H groups in total. The van der Waals surface area contributed by atoms with Gasteiger partial charge in [0.2, 0.25) is 0 Å². The third-order valence-electron chi connectivity index (χ3n) is 2.38. The summed E-state index contributed by atoms with van der Waals surface area (Å²) in [6.07, 6.45) is 0. The fourth-order valence-corrected chi connectivity index (χ4v) is 3.44. The van der Waals surface area contributed by atoms with Crippen LogP contribution in [0, 0.1) is 0 Å². The van der Waals surface area contributed by atoms with E-state index in [1.807, 2.05) is 6.92 Å². The van der Waals surface area contributed by atoms with Crippen molar-refractivity contribution >= 4 is 22.1 Å². The zero-order valence-corrected chi connectivity index (χ0v) is 9.16. The van der Waals surface area contributed by atoms with Gasteiger partial charge >= 0.3 is 0 Å². The molecule has 1 saturated heterocycles. The number of thiophene rings is 1. The van der Waals surface area contributed by atoms with Crippen LogP contribution in [0.25, 0.3) is 0 Å². The van der Waals surface area contributed by atoms with Gasteiger partial charge in [0, 0.05) is 34.4 Å². The molecule has 2 nitrogen and oxygen atoms in total. The Kier molecular flexibility index (Phi) is 2.81. The van der Waals surface area contributed by atoms with E-state index in [1.165, 1.54) is 5.56 Å². The van der Waals surface area contributed by atoms with E-state index >= 15 is 0 Å². The van der Waals surface area contributed by atoms with Crippen LogP contribution in [0.1, 0.15) is 18.5 Å². The molecule has 1 aliphatic rings. The number of hydrogen-bond donors (Lipinski definition) is 1. The largest absolute Gasteiger partial charge is 0.308 e. The Morgan fingerprint density at radius 3 is 3.15 bits per heavy atom. The van der Waals surface area contributed by atoms with Crippen LogP contribution in [0.3, 0.4) is 0 Å². The summed E-state index contributed by atoms with van der Waals surface area (Å²) in [5, 5.41) is 7.91. The van der Waals surface area contributed by atoms with E-state index in [0.717, 1.165) is 12.3 Å². The summed E-state index contributed by atoms with van der Waals surface area (Å²) in [6, 6.07) is 2.42. The second-order valence-electron chi connectivity index (χ2n) is 3.38. The van der Waals surface area contributed by atoms with Crippen LogP contribution in [-0.4, -0.2) is 21.8 Å². The molecule has 2 rings (SSSR count). The van der Waals surface area contributed by atoms with Gasteiger partial charge < -0.3 is 5.32 Å². The summed E-state index contributed by atoms with van der Waals surface area (Å²) in [7, 11) is -0.658. The van der Waals surface area contributed by atoms with Crippen molar-refractivity contribution in [3.05, 3.63) is 22.4 Å². The topological polar surface area (TPSA) is 29.1 Å². The SMILES string of the molecule is CC1CNC(c2ccsc2)CS1=O. The lowest BCUT2D eigenvalue weighted by Crippen LogP contribution is -2.41. The molecule has 1 aromatic rings. The monoisotopic (exact) mass is 215 g/mol. The summed E-state index contributed by atoms with van der Waals surface area (Å²) in [5.41, 5.74) is 1.28. The first-order chi connectivity index (χ1) is 6.27. The van der Waals surface area contributed by atoms with Crippen molar-refractivity contribution in [3.63, 3.8) is 0 Å². The van der Waals surface area contributed by atoms with Crippen LogP contribution in [0.15, 0.2) is 16.8 Å². The van der Waals surface area contributed by atoms with Gasteiger partial charge in [-0.2, -0.15) is 11.3 Å². The van der Waals surface area contributed by atoms with Gasteiger partial charge in [-0.25, -0.2) is 0 Å². The first-order valence-electron chi connectivity index (χ1n) is 4.40. The summed E-state index contributed by atoms with van der Waals surface area (Å²) in [4.78, 5) is 0. The Bertz CT molecular complexity index is 297. The minimum absolute atomic E-state index is 0.301. The predicted octanol–water partition coefficient (Wildman–Crippen LogP) is 1.53. The Morgan fingerprint density at radius 1 is 1.69 bits per heavy atom. The lowest BCUT2D eigenvalue weighted by atomic mass is 10.2. The Labute approximate surface area is 84.8 Å². The molecule has 0 aromatic carbocycles. The molecule has 1 aliphatic heterocycles. The highest BCUT2D eigenvalue weighted by atomic mass is 32.2. The summed E-state index contributed by atoms with van der Waals surface area (Å²) < 4.78 is 11.6. The van der Waals surface area contributed by atoms with Crippen molar-refractivity contribution in [3.8, 4) is 0 Å². The molecule has 1 aromatic heterocycles. The van der Waals surface area contributed by atoms with E-state index in [0.29, 0.717) is 11.3 Å². The van der Waals surface area contributed by atoms with E-state index in [-0.39, 0.29) is 0 Å². The normalized spacial score (nSPS) is 34.7. The first kappa shape index (κ1) is 9.37. The third-order valence-corrected chi connectivity index (χ3v) is 4.80. The van der Waals surface area contributed by atoms with Gasteiger partial charge in [-0.1, -0.05) is 0 Å². The molecule has 2 heterocycles. The van der Waals surface area contributed by atoms with Gasteiger partial charge in [0.25, 0.3) is 0 Å². The molecule has 0 aliphatic carbocycles. The maximum Gasteiger partial charge on any atom is 0.0445 e. The highest BCUT2D eigenvalue weighted by molar-refractivity contribution is 7.85. The number of hydrogen-bond acceptors (Lipinski definition) is 3. The fourth-order valence-electron chi connectivity index (χ4n) is 1.48. The molecule has 3 atom stereocenters. The Morgan fingerprint density at radius 2 is 2.54 bits per heavy atom. The Balaban J connectivity index is 2.08.